The molecule has 0 spiro atoms. The van der Waals surface area contributed by atoms with E-state index in [4.69, 9.17) is 21.1 Å². The van der Waals surface area contributed by atoms with E-state index in [1.807, 2.05) is 0 Å². The Bertz CT molecular complexity index is 881. The van der Waals surface area contributed by atoms with Gasteiger partial charge in [-0.2, -0.15) is 0 Å². The van der Waals surface area contributed by atoms with Crippen LogP contribution in [-0.4, -0.2) is 78.1 Å². The second-order valence-electron chi connectivity index (χ2n) is 9.20. The number of halogens is 1. The molecule has 1 aliphatic heterocycles. The number of benzene rings is 1. The largest absolute Gasteiger partial charge is 0.467 e. The predicted molar refractivity (Wildman–Crippen MR) is 123 cm³/mol. The number of nitrogens with zero attached hydrogens (tertiary/aromatic N) is 2. The molecule has 0 saturated carbocycles. The Morgan fingerprint density at radius 2 is 1.70 bits per heavy atom. The number of rotatable bonds is 5. The molecule has 1 heterocycles. The van der Waals surface area contributed by atoms with Gasteiger partial charge in [-0.25, -0.2) is 9.59 Å². The van der Waals surface area contributed by atoms with Gasteiger partial charge in [0.05, 0.1) is 13.7 Å². The smallest absolute Gasteiger partial charge is 0.408 e. The maximum Gasteiger partial charge on any atom is 0.408 e. The van der Waals surface area contributed by atoms with E-state index in [0.717, 1.165) is 0 Å². The molecule has 2 atom stereocenters. The van der Waals surface area contributed by atoms with E-state index in [0.29, 0.717) is 10.6 Å². The fourth-order valence-electron chi connectivity index (χ4n) is 3.47. The first-order chi connectivity index (χ1) is 15.3. The summed E-state index contributed by atoms with van der Waals surface area (Å²) in [7, 11) is 1.23. The highest BCUT2D eigenvalue weighted by Gasteiger charge is 2.40. The van der Waals surface area contributed by atoms with Crippen molar-refractivity contribution in [3.63, 3.8) is 0 Å². The van der Waals surface area contributed by atoms with E-state index in [2.05, 4.69) is 5.32 Å². The van der Waals surface area contributed by atoms with E-state index in [1.54, 1.807) is 58.9 Å². The molecule has 2 rings (SSSR count). The van der Waals surface area contributed by atoms with Crippen LogP contribution >= 0.6 is 11.6 Å². The number of piperazine rings is 1. The van der Waals surface area contributed by atoms with Crippen LogP contribution in [0.3, 0.4) is 0 Å². The quantitative estimate of drug-likeness (QED) is 0.648. The van der Waals surface area contributed by atoms with Gasteiger partial charge in [-0.05, 0) is 51.0 Å². The monoisotopic (exact) mass is 481 g/mol. The summed E-state index contributed by atoms with van der Waals surface area (Å²) < 4.78 is 10.2. The number of carbonyl (C=O) groups excluding carboxylic acids is 4. The van der Waals surface area contributed by atoms with Crippen molar-refractivity contribution in [2.75, 3.05) is 26.7 Å². The minimum Gasteiger partial charge on any atom is -0.467 e. The molecule has 1 aromatic rings. The van der Waals surface area contributed by atoms with Gasteiger partial charge in [-0.3, -0.25) is 9.59 Å². The summed E-state index contributed by atoms with van der Waals surface area (Å²) in [6, 6.07) is 4.52. The zero-order valence-electron chi connectivity index (χ0n) is 19.9. The van der Waals surface area contributed by atoms with E-state index in [-0.39, 0.29) is 37.4 Å². The van der Waals surface area contributed by atoms with Crippen molar-refractivity contribution in [2.45, 2.75) is 52.3 Å². The normalized spacial score (nSPS) is 17.4. The number of esters is 1. The van der Waals surface area contributed by atoms with Crippen molar-refractivity contribution in [3.8, 4) is 0 Å². The van der Waals surface area contributed by atoms with Crippen molar-refractivity contribution in [1.29, 1.82) is 0 Å². The van der Waals surface area contributed by atoms with Crippen molar-refractivity contribution >= 4 is 35.5 Å². The summed E-state index contributed by atoms with van der Waals surface area (Å²) in [6.07, 6.45) is -0.698. The predicted octanol–water partition coefficient (Wildman–Crippen LogP) is 2.72. The maximum atomic E-state index is 13.3. The highest BCUT2D eigenvalue weighted by molar-refractivity contribution is 6.30. The molecular weight excluding hydrogens is 450 g/mol. The van der Waals surface area contributed by atoms with Crippen LogP contribution in [0.1, 0.15) is 45.0 Å². The minimum atomic E-state index is -0.981. The van der Waals surface area contributed by atoms with Crippen LogP contribution in [0.25, 0.3) is 0 Å². The van der Waals surface area contributed by atoms with Gasteiger partial charge in [0.2, 0.25) is 5.91 Å². The Morgan fingerprint density at radius 1 is 1.09 bits per heavy atom. The third-order valence-electron chi connectivity index (χ3n) is 5.12. The molecule has 182 valence electrons. The molecule has 3 amide bonds. The first-order valence-corrected chi connectivity index (χ1v) is 11.1. The number of methoxy groups -OCH3 is 1. The van der Waals surface area contributed by atoms with Crippen molar-refractivity contribution in [3.05, 3.63) is 34.9 Å². The second-order valence-corrected chi connectivity index (χ2v) is 9.63. The number of ether oxygens (including phenoxy) is 2. The van der Waals surface area contributed by atoms with E-state index >= 15 is 0 Å². The molecule has 1 saturated heterocycles. The summed E-state index contributed by atoms with van der Waals surface area (Å²) in [5.41, 5.74) is -0.335. The van der Waals surface area contributed by atoms with Gasteiger partial charge < -0.3 is 24.6 Å². The fourth-order valence-corrected chi connectivity index (χ4v) is 3.59. The molecule has 1 fully saturated rings. The molecule has 9 nitrogen and oxygen atoms in total. The average molecular weight is 482 g/mol. The number of hydrogen-bond donors (Lipinski definition) is 1. The molecule has 10 heteroatoms. The summed E-state index contributed by atoms with van der Waals surface area (Å²) in [5, 5.41) is 3.12. The molecule has 0 bridgehead atoms. The van der Waals surface area contributed by atoms with Crippen LogP contribution in [0.4, 0.5) is 4.79 Å². The molecule has 1 aromatic carbocycles. The van der Waals surface area contributed by atoms with E-state index < -0.39 is 29.7 Å². The summed E-state index contributed by atoms with van der Waals surface area (Å²) >= 11 is 5.90. The van der Waals surface area contributed by atoms with Crippen LogP contribution in [0.15, 0.2) is 24.3 Å². The zero-order chi connectivity index (χ0) is 24.9. The Hall–Kier alpha value is -2.81. The average Bonchev–Trinajstić information content (AvgIpc) is 2.74. The van der Waals surface area contributed by atoms with Crippen LogP contribution in [0.2, 0.25) is 5.02 Å². The number of alkyl carbamates (subject to hydrolysis) is 1. The molecule has 33 heavy (non-hydrogen) atoms. The highest BCUT2D eigenvalue weighted by atomic mass is 35.5. The third kappa shape index (κ3) is 7.08. The number of amides is 3. The maximum absolute atomic E-state index is 13.3. The third-order valence-corrected chi connectivity index (χ3v) is 5.37. The van der Waals surface area contributed by atoms with Gasteiger partial charge in [-0.1, -0.05) is 25.4 Å². The standard InChI is InChI=1S/C23H32ClN3O6/c1-14(2)18(25-22(31)33-23(3,4)5)20(29)26-11-12-27(17(13-26)21(30)32-6)19(28)15-7-9-16(24)10-8-15/h7-10,14,17-18H,11-13H2,1-6H3,(H,25,31)/t17-,18+/m1/s1. The van der Waals surface area contributed by atoms with Gasteiger partial charge in [0.15, 0.2) is 0 Å². The van der Waals surface area contributed by atoms with Crippen molar-refractivity contribution < 1.29 is 28.7 Å². The second kappa shape index (κ2) is 10.9. The Labute approximate surface area is 199 Å². The van der Waals surface area contributed by atoms with Gasteiger partial charge >= 0.3 is 12.1 Å². The Balaban J connectivity index is 2.19. The summed E-state index contributed by atoms with van der Waals surface area (Å²) in [5.74, 6) is -1.57. The SMILES string of the molecule is COC(=O)[C@H]1CN(C(=O)[C@@H](NC(=O)OC(C)(C)C)C(C)C)CCN1C(=O)c1ccc(Cl)cc1. The van der Waals surface area contributed by atoms with Crippen LogP contribution < -0.4 is 5.32 Å². The molecular formula is C23H32ClN3O6. The zero-order valence-corrected chi connectivity index (χ0v) is 20.6. The van der Waals surface area contributed by atoms with Gasteiger partial charge in [0.25, 0.3) is 5.91 Å². The van der Waals surface area contributed by atoms with Crippen LogP contribution in [0, 0.1) is 5.92 Å². The number of hydrogen-bond acceptors (Lipinski definition) is 6. The van der Waals surface area contributed by atoms with E-state index in [9.17, 15) is 19.2 Å². The van der Waals surface area contributed by atoms with E-state index in [1.165, 1.54) is 16.9 Å². The minimum absolute atomic E-state index is 0.0515. The first kappa shape index (κ1) is 26.4. The number of carbonyl (C=O) groups is 4. The summed E-state index contributed by atoms with van der Waals surface area (Å²) in [4.78, 5) is 53.9. The lowest BCUT2D eigenvalue weighted by atomic mass is 10.0. The highest BCUT2D eigenvalue weighted by Crippen LogP contribution is 2.19. The molecule has 1 aliphatic rings. The van der Waals surface area contributed by atoms with Crippen molar-refractivity contribution in [2.24, 2.45) is 5.92 Å². The molecule has 1 N–H and O–H groups in total. The molecule has 0 radical (unpaired) electrons. The molecule has 0 aromatic heterocycles. The lowest BCUT2D eigenvalue weighted by molar-refractivity contribution is -0.151. The van der Waals surface area contributed by atoms with Gasteiger partial charge in [0.1, 0.15) is 17.7 Å². The van der Waals surface area contributed by atoms with Crippen LogP contribution in [-0.2, 0) is 19.1 Å². The first-order valence-electron chi connectivity index (χ1n) is 10.8. The summed E-state index contributed by atoms with van der Waals surface area (Å²) in [6.45, 7) is 9.08. The Kier molecular flexibility index (Phi) is 8.71. The molecule has 0 unspecified atom stereocenters. The van der Waals surface area contributed by atoms with Gasteiger partial charge in [-0.15, -0.1) is 0 Å². The lowest BCUT2D eigenvalue weighted by Gasteiger charge is -2.41. The lowest BCUT2D eigenvalue weighted by Crippen LogP contribution is -2.62. The fraction of sp³-hybridized carbons (Fsp3) is 0.565. The topological polar surface area (TPSA) is 105 Å². The Morgan fingerprint density at radius 3 is 2.21 bits per heavy atom. The van der Waals surface area contributed by atoms with Crippen LogP contribution in [0.5, 0.6) is 0 Å². The van der Waals surface area contributed by atoms with Gasteiger partial charge in [0, 0.05) is 23.7 Å². The molecule has 0 aliphatic carbocycles. The van der Waals surface area contributed by atoms with Crippen molar-refractivity contribution in [1.82, 2.24) is 15.1 Å². The number of nitrogens with one attached hydrogen (secondary N) is 1.